The number of halogens is 1. The molecule has 1 aromatic heterocycles. The van der Waals surface area contributed by atoms with Gasteiger partial charge in [-0.1, -0.05) is 24.9 Å². The Morgan fingerprint density at radius 2 is 2.25 bits per heavy atom. The molecule has 0 aromatic carbocycles. The van der Waals surface area contributed by atoms with E-state index in [2.05, 4.69) is 23.7 Å². The largest absolute Gasteiger partial charge is 0.356 e. The Morgan fingerprint density at radius 3 is 2.75 bits per heavy atom. The summed E-state index contributed by atoms with van der Waals surface area (Å²) in [6.45, 7) is 4.83. The maximum Gasteiger partial charge on any atom is 0.147 e. The van der Waals surface area contributed by atoms with Crippen molar-refractivity contribution >= 4 is 17.4 Å². The normalized spacial score (nSPS) is 12.6. The van der Waals surface area contributed by atoms with Crippen molar-refractivity contribution in [2.75, 3.05) is 11.9 Å². The second-order valence-corrected chi connectivity index (χ2v) is 4.51. The average molecular weight is 242 g/mol. The van der Waals surface area contributed by atoms with E-state index < -0.39 is 0 Å². The third-order valence-electron chi connectivity index (χ3n) is 2.82. The number of aromatic nitrogens is 1. The summed E-state index contributed by atoms with van der Waals surface area (Å²) in [6, 6.07) is 2.33. The lowest BCUT2D eigenvalue weighted by atomic mass is 10.1. The first kappa shape index (κ1) is 13.3. The number of anilines is 1. The first-order valence-electron chi connectivity index (χ1n) is 5.67. The van der Waals surface area contributed by atoms with Crippen LogP contribution in [0.2, 0.25) is 5.02 Å². The smallest absolute Gasteiger partial charge is 0.147 e. The van der Waals surface area contributed by atoms with Crippen LogP contribution in [0.5, 0.6) is 0 Å². The minimum absolute atomic E-state index is 0.443. The fraction of sp³-hybridized carbons (Fsp3) is 0.583. The highest BCUT2D eigenvalue weighted by molar-refractivity contribution is 6.33. The molecule has 1 rings (SSSR count). The van der Waals surface area contributed by atoms with Crippen molar-refractivity contribution in [3.05, 3.63) is 22.8 Å². The van der Waals surface area contributed by atoms with Crippen LogP contribution in [0.3, 0.4) is 0 Å². The molecule has 1 atom stereocenters. The Bertz CT molecular complexity index is 341. The molecule has 0 saturated heterocycles. The lowest BCUT2D eigenvalue weighted by Gasteiger charge is -2.26. The monoisotopic (exact) mass is 241 g/mol. The van der Waals surface area contributed by atoms with E-state index in [0.29, 0.717) is 17.6 Å². The molecule has 2 N–H and O–H groups in total. The molecule has 0 bridgehead atoms. The van der Waals surface area contributed by atoms with Crippen molar-refractivity contribution in [1.29, 1.82) is 0 Å². The van der Waals surface area contributed by atoms with Crippen molar-refractivity contribution in [3.8, 4) is 0 Å². The number of nitrogens with two attached hydrogens (primary N) is 1. The van der Waals surface area contributed by atoms with Gasteiger partial charge >= 0.3 is 0 Å². The fourth-order valence-corrected chi connectivity index (χ4v) is 1.98. The van der Waals surface area contributed by atoms with Crippen LogP contribution in [0.4, 0.5) is 5.82 Å². The van der Waals surface area contributed by atoms with E-state index in [-0.39, 0.29) is 0 Å². The maximum atomic E-state index is 6.19. The third kappa shape index (κ3) is 3.09. The molecule has 0 radical (unpaired) electrons. The molecular weight excluding hydrogens is 222 g/mol. The second-order valence-electron chi connectivity index (χ2n) is 4.10. The highest BCUT2D eigenvalue weighted by atomic mass is 35.5. The molecule has 4 heteroatoms. The summed E-state index contributed by atoms with van der Waals surface area (Å²) in [5.74, 6) is 0.833. The predicted molar refractivity (Wildman–Crippen MR) is 69.9 cm³/mol. The van der Waals surface area contributed by atoms with Gasteiger partial charge in [-0.05, 0) is 25.0 Å². The number of pyridine rings is 1. The molecule has 0 spiro atoms. The molecule has 0 aliphatic rings. The summed E-state index contributed by atoms with van der Waals surface area (Å²) < 4.78 is 0. The molecule has 1 unspecified atom stereocenters. The lowest BCUT2D eigenvalue weighted by Crippen LogP contribution is -2.29. The maximum absolute atomic E-state index is 6.19. The Balaban J connectivity index is 2.87. The number of rotatable bonds is 5. The third-order valence-corrected chi connectivity index (χ3v) is 3.09. The topological polar surface area (TPSA) is 42.2 Å². The fourth-order valence-electron chi connectivity index (χ4n) is 1.66. The van der Waals surface area contributed by atoms with Crippen molar-refractivity contribution in [2.24, 2.45) is 5.73 Å². The van der Waals surface area contributed by atoms with Crippen LogP contribution < -0.4 is 10.6 Å². The van der Waals surface area contributed by atoms with Crippen LogP contribution in [0.25, 0.3) is 0 Å². The summed E-state index contributed by atoms with van der Waals surface area (Å²) in [6.07, 6.45) is 4.08. The van der Waals surface area contributed by atoms with Gasteiger partial charge in [-0.3, -0.25) is 0 Å². The van der Waals surface area contributed by atoms with Gasteiger partial charge in [0.2, 0.25) is 0 Å². The second kappa shape index (κ2) is 6.06. The quantitative estimate of drug-likeness (QED) is 0.862. The van der Waals surface area contributed by atoms with Crippen LogP contribution in [-0.2, 0) is 6.54 Å². The first-order valence-corrected chi connectivity index (χ1v) is 6.05. The van der Waals surface area contributed by atoms with Crippen LogP contribution >= 0.6 is 11.6 Å². The zero-order valence-electron chi connectivity index (χ0n) is 10.2. The number of hydrogen-bond donors (Lipinski definition) is 1. The van der Waals surface area contributed by atoms with Crippen LogP contribution in [-0.4, -0.2) is 18.1 Å². The number of nitrogens with zero attached hydrogens (tertiary/aromatic N) is 2. The van der Waals surface area contributed by atoms with E-state index in [0.717, 1.165) is 24.2 Å². The molecule has 1 heterocycles. The molecule has 3 nitrogen and oxygen atoms in total. The van der Waals surface area contributed by atoms with E-state index >= 15 is 0 Å². The highest BCUT2D eigenvalue weighted by Gasteiger charge is 2.13. The first-order chi connectivity index (χ1) is 7.60. The summed E-state index contributed by atoms with van der Waals surface area (Å²) in [4.78, 5) is 6.48. The van der Waals surface area contributed by atoms with Crippen LogP contribution in [0.1, 0.15) is 32.3 Å². The van der Waals surface area contributed by atoms with Crippen LogP contribution in [0.15, 0.2) is 12.3 Å². The van der Waals surface area contributed by atoms with Gasteiger partial charge in [0.1, 0.15) is 5.82 Å². The Hall–Kier alpha value is -0.800. The van der Waals surface area contributed by atoms with Crippen molar-refractivity contribution < 1.29 is 0 Å². The standard InChI is InChI=1S/C12H20ClN3/c1-4-5-9(2)16(3)12-11(13)6-10(7-14)8-15-12/h6,8-9H,4-5,7,14H2,1-3H3. The van der Waals surface area contributed by atoms with Gasteiger partial charge in [0.05, 0.1) is 5.02 Å². The summed E-state index contributed by atoms with van der Waals surface area (Å²) in [7, 11) is 2.02. The van der Waals surface area contributed by atoms with Gasteiger partial charge in [0, 0.05) is 25.8 Å². The van der Waals surface area contributed by atoms with Gasteiger partial charge in [-0.2, -0.15) is 0 Å². The van der Waals surface area contributed by atoms with Gasteiger partial charge in [0.25, 0.3) is 0 Å². The Labute approximate surface area is 103 Å². The summed E-state index contributed by atoms with van der Waals surface area (Å²) >= 11 is 6.19. The summed E-state index contributed by atoms with van der Waals surface area (Å²) in [5.41, 5.74) is 6.50. The zero-order chi connectivity index (χ0) is 12.1. The number of hydrogen-bond acceptors (Lipinski definition) is 3. The van der Waals surface area contributed by atoms with E-state index in [4.69, 9.17) is 17.3 Å². The minimum atomic E-state index is 0.443. The molecule has 1 aromatic rings. The molecule has 0 saturated carbocycles. The van der Waals surface area contributed by atoms with Gasteiger partial charge in [-0.25, -0.2) is 4.98 Å². The Morgan fingerprint density at radius 1 is 1.56 bits per heavy atom. The highest BCUT2D eigenvalue weighted by Crippen LogP contribution is 2.25. The van der Waals surface area contributed by atoms with Gasteiger partial charge in [-0.15, -0.1) is 0 Å². The van der Waals surface area contributed by atoms with Gasteiger partial charge in [0.15, 0.2) is 0 Å². The van der Waals surface area contributed by atoms with E-state index in [1.807, 2.05) is 13.1 Å². The minimum Gasteiger partial charge on any atom is -0.356 e. The van der Waals surface area contributed by atoms with E-state index in [1.54, 1.807) is 6.20 Å². The molecule has 0 aliphatic heterocycles. The molecular formula is C12H20ClN3. The molecule has 0 aliphatic carbocycles. The molecule has 16 heavy (non-hydrogen) atoms. The van der Waals surface area contributed by atoms with E-state index in [9.17, 15) is 0 Å². The molecule has 0 fully saturated rings. The van der Waals surface area contributed by atoms with Crippen LogP contribution in [0, 0.1) is 0 Å². The molecule has 90 valence electrons. The average Bonchev–Trinajstić information content (AvgIpc) is 2.28. The van der Waals surface area contributed by atoms with Crippen molar-refractivity contribution in [1.82, 2.24) is 4.98 Å². The zero-order valence-corrected chi connectivity index (χ0v) is 11.0. The lowest BCUT2D eigenvalue weighted by molar-refractivity contribution is 0.611. The SMILES string of the molecule is CCCC(C)N(C)c1ncc(CN)cc1Cl. The van der Waals surface area contributed by atoms with Crippen molar-refractivity contribution in [2.45, 2.75) is 39.3 Å². The summed E-state index contributed by atoms with van der Waals surface area (Å²) in [5, 5.41) is 0.674. The molecule has 0 amide bonds. The van der Waals surface area contributed by atoms with Gasteiger partial charge < -0.3 is 10.6 Å². The van der Waals surface area contributed by atoms with E-state index in [1.165, 1.54) is 0 Å². The predicted octanol–water partition coefficient (Wildman–Crippen LogP) is 2.82. The Kier molecular flexibility index (Phi) is 5.03. The van der Waals surface area contributed by atoms with Crippen molar-refractivity contribution in [3.63, 3.8) is 0 Å².